The Labute approximate surface area is 152 Å². The minimum atomic E-state index is 0.170. The quantitative estimate of drug-likeness (QED) is 0.585. The summed E-state index contributed by atoms with van der Waals surface area (Å²) in [6, 6.07) is 0. The lowest BCUT2D eigenvalue weighted by Gasteiger charge is -2.38. The monoisotopic (exact) mass is 353 g/mol. The Balaban J connectivity index is 1.54. The molecule has 0 aromatic rings. The number of methoxy groups -OCH3 is 1. The highest BCUT2D eigenvalue weighted by Crippen LogP contribution is 2.40. The largest absolute Gasteiger partial charge is 0.385 e. The highest BCUT2D eigenvalue weighted by molar-refractivity contribution is 5.80. The van der Waals surface area contributed by atoms with Gasteiger partial charge >= 0.3 is 0 Å². The number of guanidine groups is 1. The van der Waals surface area contributed by atoms with Gasteiger partial charge in [0.05, 0.1) is 12.7 Å². The van der Waals surface area contributed by atoms with Crippen molar-refractivity contribution in [1.29, 1.82) is 0 Å². The van der Waals surface area contributed by atoms with Gasteiger partial charge in [-0.05, 0) is 37.5 Å². The third-order valence-electron chi connectivity index (χ3n) is 6.11. The molecular weight excluding hydrogens is 318 g/mol. The fraction of sp³-hybridized carbons (Fsp3) is 0.947. The summed E-state index contributed by atoms with van der Waals surface area (Å²) in [5.41, 5.74) is 0.367. The van der Waals surface area contributed by atoms with Gasteiger partial charge in [0.1, 0.15) is 6.10 Å². The number of hydrogen-bond donors (Lipinski definition) is 1. The van der Waals surface area contributed by atoms with E-state index >= 15 is 0 Å². The topological polar surface area (TPSA) is 55.3 Å². The number of rotatable bonds is 6. The lowest BCUT2D eigenvalue weighted by atomic mass is 9.83. The average Bonchev–Trinajstić information content (AvgIpc) is 3.34. The van der Waals surface area contributed by atoms with Crippen molar-refractivity contribution in [3.05, 3.63) is 0 Å². The first-order valence-electron chi connectivity index (χ1n) is 9.94. The van der Waals surface area contributed by atoms with Crippen LogP contribution in [0.15, 0.2) is 4.99 Å². The number of nitrogens with one attached hydrogen (secondary N) is 1. The number of morpholine rings is 1. The maximum Gasteiger partial charge on any atom is 0.193 e. The van der Waals surface area contributed by atoms with Crippen LogP contribution >= 0.6 is 0 Å². The third-order valence-corrected chi connectivity index (χ3v) is 6.11. The lowest BCUT2D eigenvalue weighted by Crippen LogP contribution is -2.54. The van der Waals surface area contributed by atoms with Crippen LogP contribution in [-0.2, 0) is 14.2 Å². The summed E-state index contributed by atoms with van der Waals surface area (Å²) in [6.07, 6.45) is 9.08. The van der Waals surface area contributed by atoms with Gasteiger partial charge in [-0.1, -0.05) is 12.8 Å². The minimum absolute atomic E-state index is 0.170. The van der Waals surface area contributed by atoms with E-state index in [1.54, 1.807) is 7.11 Å². The van der Waals surface area contributed by atoms with Gasteiger partial charge in [0.15, 0.2) is 5.96 Å². The van der Waals surface area contributed by atoms with Crippen LogP contribution < -0.4 is 5.32 Å². The molecule has 2 saturated heterocycles. The van der Waals surface area contributed by atoms with Crippen molar-refractivity contribution >= 4 is 5.96 Å². The first-order chi connectivity index (χ1) is 12.3. The third kappa shape index (κ3) is 4.86. The van der Waals surface area contributed by atoms with Gasteiger partial charge in [0.2, 0.25) is 0 Å². The Kier molecular flexibility index (Phi) is 6.96. The van der Waals surface area contributed by atoms with Crippen LogP contribution in [0.2, 0.25) is 0 Å². The molecule has 1 N–H and O–H groups in total. The van der Waals surface area contributed by atoms with E-state index in [0.29, 0.717) is 5.41 Å². The number of aliphatic imine (C=N–C) groups is 1. The Morgan fingerprint density at radius 1 is 1.20 bits per heavy atom. The fourth-order valence-electron chi connectivity index (χ4n) is 4.55. The van der Waals surface area contributed by atoms with Gasteiger partial charge in [-0.15, -0.1) is 0 Å². The summed E-state index contributed by atoms with van der Waals surface area (Å²) in [5, 5.41) is 3.67. The molecule has 0 aromatic heterocycles. The van der Waals surface area contributed by atoms with Gasteiger partial charge in [-0.25, -0.2) is 0 Å². The van der Waals surface area contributed by atoms with Gasteiger partial charge < -0.3 is 24.4 Å². The zero-order valence-corrected chi connectivity index (χ0v) is 16.0. The summed E-state index contributed by atoms with van der Waals surface area (Å²) >= 11 is 0. The van der Waals surface area contributed by atoms with E-state index in [2.05, 4.69) is 15.2 Å². The predicted molar refractivity (Wildman–Crippen MR) is 99.0 cm³/mol. The second-order valence-electron chi connectivity index (χ2n) is 7.76. The maximum absolute atomic E-state index is 5.97. The van der Waals surface area contributed by atoms with Crippen LogP contribution in [0.3, 0.4) is 0 Å². The van der Waals surface area contributed by atoms with Crippen LogP contribution in [0.1, 0.15) is 44.9 Å². The van der Waals surface area contributed by atoms with Crippen molar-refractivity contribution in [1.82, 2.24) is 10.2 Å². The molecule has 6 nitrogen and oxygen atoms in total. The lowest BCUT2D eigenvalue weighted by molar-refractivity contribution is -0.0817. The number of nitrogens with zero attached hydrogens (tertiary/aromatic N) is 2. The van der Waals surface area contributed by atoms with Gasteiger partial charge in [-0.3, -0.25) is 4.99 Å². The van der Waals surface area contributed by atoms with Crippen molar-refractivity contribution in [3.8, 4) is 0 Å². The molecule has 2 atom stereocenters. The molecule has 3 aliphatic rings. The molecule has 3 fully saturated rings. The smallest absolute Gasteiger partial charge is 0.193 e. The Hall–Kier alpha value is -0.850. The molecular formula is C19H35N3O3. The van der Waals surface area contributed by atoms with Crippen LogP contribution in [0.5, 0.6) is 0 Å². The molecule has 6 heteroatoms. The van der Waals surface area contributed by atoms with Crippen molar-refractivity contribution in [2.24, 2.45) is 10.4 Å². The molecule has 0 radical (unpaired) electrons. The minimum Gasteiger partial charge on any atom is -0.385 e. The summed E-state index contributed by atoms with van der Waals surface area (Å²) in [5.74, 6) is 1.01. The highest BCUT2D eigenvalue weighted by atomic mass is 16.5. The van der Waals surface area contributed by atoms with E-state index in [9.17, 15) is 0 Å². The second-order valence-corrected chi connectivity index (χ2v) is 7.76. The normalized spacial score (nSPS) is 30.0. The summed E-state index contributed by atoms with van der Waals surface area (Å²) < 4.78 is 17.2. The zero-order chi connectivity index (χ0) is 17.5. The number of hydrogen-bond acceptors (Lipinski definition) is 4. The standard InChI is InChI=1S/C19H35N3O3/c1-20-18(21-15-19(9-12-23-2)7-3-4-8-19)22-10-13-25-17(14-22)16-6-5-11-24-16/h16-17H,3-15H2,1-2H3,(H,20,21). The molecule has 0 spiro atoms. The molecule has 0 aromatic carbocycles. The van der Waals surface area contributed by atoms with Crippen LogP contribution in [-0.4, -0.2) is 76.7 Å². The Morgan fingerprint density at radius 3 is 2.68 bits per heavy atom. The number of ether oxygens (including phenoxy) is 3. The highest BCUT2D eigenvalue weighted by Gasteiger charge is 2.35. The maximum atomic E-state index is 5.97. The van der Waals surface area contributed by atoms with Gasteiger partial charge in [-0.2, -0.15) is 0 Å². The Morgan fingerprint density at radius 2 is 2.00 bits per heavy atom. The molecule has 0 bridgehead atoms. The molecule has 1 aliphatic carbocycles. The molecule has 144 valence electrons. The molecule has 1 saturated carbocycles. The molecule has 25 heavy (non-hydrogen) atoms. The van der Waals surface area contributed by atoms with Gasteiger partial charge in [0.25, 0.3) is 0 Å². The van der Waals surface area contributed by atoms with E-state index in [-0.39, 0.29) is 12.2 Å². The van der Waals surface area contributed by atoms with E-state index < -0.39 is 0 Å². The van der Waals surface area contributed by atoms with E-state index in [1.165, 1.54) is 25.7 Å². The molecule has 2 unspecified atom stereocenters. The molecule has 2 aliphatic heterocycles. The second kappa shape index (κ2) is 9.19. The average molecular weight is 354 g/mol. The Bertz CT molecular complexity index is 432. The SMILES string of the molecule is CN=C(NCC1(CCOC)CCCC1)N1CCOC(C2CCCO2)C1. The van der Waals surface area contributed by atoms with Crippen molar-refractivity contribution in [2.45, 2.75) is 57.2 Å². The van der Waals surface area contributed by atoms with Gasteiger partial charge in [0, 0.05) is 47.0 Å². The first kappa shape index (κ1) is 18.9. The van der Waals surface area contributed by atoms with Crippen LogP contribution in [0, 0.1) is 5.41 Å². The summed E-state index contributed by atoms with van der Waals surface area (Å²) in [6.45, 7) is 5.23. The summed E-state index contributed by atoms with van der Waals surface area (Å²) in [7, 11) is 3.68. The molecule has 0 amide bonds. The van der Waals surface area contributed by atoms with Crippen molar-refractivity contribution in [2.75, 3.05) is 53.6 Å². The van der Waals surface area contributed by atoms with Crippen molar-refractivity contribution in [3.63, 3.8) is 0 Å². The van der Waals surface area contributed by atoms with Crippen LogP contribution in [0.25, 0.3) is 0 Å². The van der Waals surface area contributed by atoms with E-state index in [1.807, 2.05) is 7.05 Å². The molecule has 3 rings (SSSR count). The van der Waals surface area contributed by atoms with Crippen LogP contribution in [0.4, 0.5) is 0 Å². The zero-order valence-electron chi connectivity index (χ0n) is 16.0. The fourth-order valence-corrected chi connectivity index (χ4v) is 4.55. The van der Waals surface area contributed by atoms with Crippen molar-refractivity contribution < 1.29 is 14.2 Å². The molecule has 2 heterocycles. The summed E-state index contributed by atoms with van der Waals surface area (Å²) in [4.78, 5) is 6.89. The predicted octanol–water partition coefficient (Wildman–Crippen LogP) is 2.04. The van der Waals surface area contributed by atoms with E-state index in [0.717, 1.165) is 64.7 Å². The van der Waals surface area contributed by atoms with E-state index in [4.69, 9.17) is 14.2 Å². The first-order valence-corrected chi connectivity index (χ1v) is 9.94.